The number of fused-ring (bicyclic) bond motifs is 1. The van der Waals surface area contributed by atoms with Crippen LogP contribution in [-0.2, 0) is 20.9 Å². The minimum absolute atomic E-state index is 0.0531. The van der Waals surface area contributed by atoms with Crippen LogP contribution in [0.25, 0.3) is 0 Å². The number of anilines is 1. The number of esters is 1. The highest BCUT2D eigenvalue weighted by molar-refractivity contribution is 5.90. The number of amides is 1. The fraction of sp³-hybridized carbons (Fsp3) is 0.533. The van der Waals surface area contributed by atoms with Crippen LogP contribution in [0.1, 0.15) is 26.5 Å². The van der Waals surface area contributed by atoms with Crippen LogP contribution in [0.5, 0.6) is 5.75 Å². The minimum atomic E-state index is -0.414. The Bertz CT molecular complexity index is 559. The van der Waals surface area contributed by atoms with E-state index in [0.29, 0.717) is 36.9 Å². The van der Waals surface area contributed by atoms with Crippen molar-refractivity contribution in [3.63, 3.8) is 0 Å². The molecule has 0 radical (unpaired) electrons. The van der Waals surface area contributed by atoms with E-state index in [2.05, 4.69) is 4.98 Å². The molecule has 0 bridgehead atoms. The molecule has 2 rings (SSSR count). The van der Waals surface area contributed by atoms with Gasteiger partial charge in [0.25, 0.3) is 0 Å². The molecule has 2 heterocycles. The van der Waals surface area contributed by atoms with Gasteiger partial charge in [-0.2, -0.15) is 0 Å². The van der Waals surface area contributed by atoms with Gasteiger partial charge in [-0.25, -0.2) is 4.79 Å². The average molecular weight is 308 g/mol. The highest BCUT2D eigenvalue weighted by Crippen LogP contribution is 2.32. The molecule has 0 atom stereocenters. The van der Waals surface area contributed by atoms with E-state index in [0.717, 1.165) is 0 Å². The molecule has 120 valence electrons. The lowest BCUT2D eigenvalue weighted by Crippen LogP contribution is -2.39. The first-order valence-corrected chi connectivity index (χ1v) is 7.16. The first-order valence-electron chi connectivity index (χ1n) is 7.16. The van der Waals surface area contributed by atoms with Gasteiger partial charge in [-0.15, -0.1) is 0 Å². The third kappa shape index (κ3) is 4.09. The van der Waals surface area contributed by atoms with Crippen LogP contribution in [0, 0.1) is 5.92 Å². The number of aromatic nitrogens is 1. The van der Waals surface area contributed by atoms with Crippen molar-refractivity contribution >= 4 is 17.7 Å². The van der Waals surface area contributed by atoms with Gasteiger partial charge in [0.15, 0.2) is 5.75 Å². The molecule has 1 amide bonds. The van der Waals surface area contributed by atoms with Crippen LogP contribution in [0.3, 0.4) is 0 Å². The summed E-state index contributed by atoms with van der Waals surface area (Å²) < 4.78 is 15.7. The largest absolute Gasteiger partial charge is 0.488 e. The molecule has 0 fully saturated rings. The van der Waals surface area contributed by atoms with Gasteiger partial charge < -0.3 is 14.2 Å². The molecule has 1 aliphatic heterocycles. The Kier molecular flexibility index (Phi) is 5.19. The van der Waals surface area contributed by atoms with Crippen LogP contribution in [-0.4, -0.2) is 36.8 Å². The normalized spacial score (nSPS) is 13.4. The zero-order chi connectivity index (χ0) is 16.1. The van der Waals surface area contributed by atoms with E-state index >= 15 is 0 Å². The van der Waals surface area contributed by atoms with Crippen LogP contribution in [0.15, 0.2) is 12.3 Å². The smallest absolute Gasteiger partial charge is 0.414 e. The Morgan fingerprint density at radius 1 is 1.41 bits per heavy atom. The van der Waals surface area contributed by atoms with Crippen molar-refractivity contribution in [3.8, 4) is 5.75 Å². The topological polar surface area (TPSA) is 78.0 Å². The van der Waals surface area contributed by atoms with Gasteiger partial charge in [-0.05, 0) is 12.0 Å². The molecule has 0 spiro atoms. The summed E-state index contributed by atoms with van der Waals surface area (Å²) in [5, 5.41) is 0. The summed E-state index contributed by atoms with van der Waals surface area (Å²) in [5.74, 6) is 0.393. The van der Waals surface area contributed by atoms with Crippen LogP contribution in [0.4, 0.5) is 10.5 Å². The first-order chi connectivity index (χ1) is 10.5. The predicted molar refractivity (Wildman–Crippen MR) is 78.7 cm³/mol. The lowest BCUT2D eigenvalue weighted by Gasteiger charge is -2.29. The third-order valence-corrected chi connectivity index (χ3v) is 2.95. The standard InChI is InChI=1S/C15H20N2O5/c1-10(2)8-22-15(19)17-4-5-20-14-7-16-12(6-13(14)17)9-21-11(3)18/h6-7,10H,4-5,8-9H2,1-3H3. The molecule has 7 nitrogen and oxygen atoms in total. The number of ether oxygens (including phenoxy) is 3. The number of carbonyl (C=O) groups excluding carboxylic acids is 2. The molecule has 0 saturated heterocycles. The molecule has 0 aliphatic carbocycles. The van der Waals surface area contributed by atoms with Gasteiger partial charge >= 0.3 is 12.1 Å². The van der Waals surface area contributed by atoms with Crippen molar-refractivity contribution < 1.29 is 23.8 Å². The molecule has 0 unspecified atom stereocenters. The summed E-state index contributed by atoms with van der Waals surface area (Å²) in [5.41, 5.74) is 1.12. The van der Waals surface area contributed by atoms with Crippen molar-refractivity contribution in [1.29, 1.82) is 0 Å². The summed E-state index contributed by atoms with van der Waals surface area (Å²) in [6.45, 7) is 6.48. The molecule has 0 aromatic carbocycles. The minimum Gasteiger partial charge on any atom is -0.488 e. The van der Waals surface area contributed by atoms with Crippen molar-refractivity contribution in [2.45, 2.75) is 27.4 Å². The van der Waals surface area contributed by atoms with Crippen molar-refractivity contribution in [1.82, 2.24) is 4.98 Å². The highest BCUT2D eigenvalue weighted by Gasteiger charge is 2.26. The number of rotatable bonds is 4. The van der Waals surface area contributed by atoms with Crippen molar-refractivity contribution in [3.05, 3.63) is 18.0 Å². The number of pyridine rings is 1. The van der Waals surface area contributed by atoms with Gasteiger partial charge in [-0.3, -0.25) is 14.7 Å². The average Bonchev–Trinajstić information content (AvgIpc) is 2.49. The molecule has 1 aromatic heterocycles. The Morgan fingerprint density at radius 3 is 2.86 bits per heavy atom. The number of hydrogen-bond donors (Lipinski definition) is 0. The fourth-order valence-corrected chi connectivity index (χ4v) is 1.92. The summed E-state index contributed by atoms with van der Waals surface area (Å²) >= 11 is 0. The summed E-state index contributed by atoms with van der Waals surface area (Å²) in [6.07, 6.45) is 1.11. The first kappa shape index (κ1) is 16.1. The second kappa shape index (κ2) is 7.11. The highest BCUT2D eigenvalue weighted by atomic mass is 16.6. The summed E-state index contributed by atoms with van der Waals surface area (Å²) in [7, 11) is 0. The molecule has 0 saturated carbocycles. The number of hydrogen-bond acceptors (Lipinski definition) is 6. The van der Waals surface area contributed by atoms with E-state index in [-0.39, 0.29) is 18.5 Å². The van der Waals surface area contributed by atoms with E-state index < -0.39 is 6.09 Å². The summed E-state index contributed by atoms with van der Waals surface area (Å²) in [4.78, 5) is 28.7. The van der Waals surface area contributed by atoms with Crippen LogP contribution in [0.2, 0.25) is 0 Å². The fourth-order valence-electron chi connectivity index (χ4n) is 1.92. The lowest BCUT2D eigenvalue weighted by molar-refractivity contribution is -0.142. The van der Waals surface area contributed by atoms with E-state index in [1.54, 1.807) is 6.07 Å². The second-order valence-corrected chi connectivity index (χ2v) is 5.39. The van der Waals surface area contributed by atoms with Gasteiger partial charge in [-0.1, -0.05) is 13.8 Å². The van der Waals surface area contributed by atoms with Crippen molar-refractivity contribution in [2.24, 2.45) is 5.92 Å². The van der Waals surface area contributed by atoms with E-state index in [4.69, 9.17) is 14.2 Å². The SMILES string of the molecule is CC(=O)OCc1cc2c(cn1)OCCN2C(=O)OCC(C)C. The predicted octanol–water partition coefficient (Wildman–Crippen LogP) is 2.14. The molecule has 7 heteroatoms. The number of carbonyl (C=O) groups is 2. The molecular weight excluding hydrogens is 288 g/mol. The van der Waals surface area contributed by atoms with Gasteiger partial charge in [0, 0.05) is 6.92 Å². The van der Waals surface area contributed by atoms with Crippen LogP contribution >= 0.6 is 0 Å². The van der Waals surface area contributed by atoms with Gasteiger partial charge in [0.2, 0.25) is 0 Å². The Balaban J connectivity index is 2.14. The van der Waals surface area contributed by atoms with E-state index in [9.17, 15) is 9.59 Å². The molecule has 1 aromatic rings. The van der Waals surface area contributed by atoms with Gasteiger partial charge in [0.1, 0.15) is 13.2 Å². The van der Waals surface area contributed by atoms with Crippen molar-refractivity contribution in [2.75, 3.05) is 24.7 Å². The Morgan fingerprint density at radius 2 is 2.18 bits per heavy atom. The van der Waals surface area contributed by atoms with Crippen LogP contribution < -0.4 is 9.64 Å². The lowest BCUT2D eigenvalue weighted by atomic mass is 10.2. The number of nitrogens with zero attached hydrogens (tertiary/aromatic N) is 2. The maximum atomic E-state index is 12.2. The quantitative estimate of drug-likeness (QED) is 0.793. The molecular formula is C15H20N2O5. The Labute approximate surface area is 129 Å². The maximum absolute atomic E-state index is 12.2. The molecule has 22 heavy (non-hydrogen) atoms. The second-order valence-electron chi connectivity index (χ2n) is 5.39. The van der Waals surface area contributed by atoms with E-state index in [1.165, 1.54) is 18.0 Å². The zero-order valence-corrected chi connectivity index (χ0v) is 13.0. The van der Waals surface area contributed by atoms with Gasteiger partial charge in [0.05, 0.1) is 30.7 Å². The monoisotopic (exact) mass is 308 g/mol. The Hall–Kier alpha value is -2.31. The summed E-state index contributed by atoms with van der Waals surface area (Å²) in [6, 6.07) is 1.67. The zero-order valence-electron chi connectivity index (χ0n) is 13.0. The maximum Gasteiger partial charge on any atom is 0.414 e. The molecule has 1 aliphatic rings. The van der Waals surface area contributed by atoms with E-state index in [1.807, 2.05) is 13.8 Å². The third-order valence-electron chi connectivity index (χ3n) is 2.95. The molecule has 0 N–H and O–H groups in total.